The molecular formula is C10H13FN2O4. The van der Waals surface area contributed by atoms with E-state index in [1.165, 1.54) is 13.1 Å². The van der Waals surface area contributed by atoms with E-state index in [9.17, 15) is 14.4 Å². The van der Waals surface area contributed by atoms with E-state index in [1.807, 2.05) is 0 Å². The van der Waals surface area contributed by atoms with Crippen molar-refractivity contribution >= 4 is 6.09 Å². The summed E-state index contributed by atoms with van der Waals surface area (Å²) in [5, 5.41) is 26.8. The number of pyridine rings is 1. The summed E-state index contributed by atoms with van der Waals surface area (Å²) >= 11 is 0. The van der Waals surface area contributed by atoms with E-state index in [4.69, 9.17) is 10.2 Å². The first-order chi connectivity index (χ1) is 7.97. The van der Waals surface area contributed by atoms with Crippen molar-refractivity contribution in [2.24, 2.45) is 0 Å². The molecule has 0 aliphatic rings. The smallest absolute Gasteiger partial charge is 0.431 e. The molecule has 0 fully saturated rings. The normalized spacial score (nSPS) is 12.2. The Morgan fingerprint density at radius 1 is 1.65 bits per heavy atom. The van der Waals surface area contributed by atoms with Crippen molar-refractivity contribution in [2.45, 2.75) is 19.4 Å². The molecule has 1 heterocycles. The van der Waals surface area contributed by atoms with Crippen molar-refractivity contribution in [2.75, 3.05) is 6.61 Å². The fraction of sp³-hybridized carbons (Fsp3) is 0.400. The van der Waals surface area contributed by atoms with Gasteiger partial charge in [-0.2, -0.15) is 5.06 Å². The van der Waals surface area contributed by atoms with Crippen LogP contribution in [0.2, 0.25) is 0 Å². The number of aliphatic hydroxyl groups is 1. The fourth-order valence-corrected chi connectivity index (χ4v) is 1.39. The lowest BCUT2D eigenvalue weighted by molar-refractivity contribution is -0.102. The first-order valence-corrected chi connectivity index (χ1v) is 4.91. The van der Waals surface area contributed by atoms with Crippen LogP contribution in [0, 0.1) is 12.7 Å². The number of hydrogen-bond donors (Lipinski definition) is 3. The lowest BCUT2D eigenvalue weighted by atomic mass is 10.1. The van der Waals surface area contributed by atoms with Gasteiger partial charge in [-0.05, 0) is 25.0 Å². The number of hydrogen-bond acceptors (Lipinski definition) is 4. The maximum absolute atomic E-state index is 13.3. The van der Waals surface area contributed by atoms with Crippen molar-refractivity contribution in [3.8, 4) is 0 Å². The van der Waals surface area contributed by atoms with Crippen LogP contribution in [0.1, 0.15) is 23.7 Å². The molecule has 0 aromatic carbocycles. The highest BCUT2D eigenvalue weighted by Gasteiger charge is 2.24. The van der Waals surface area contributed by atoms with Gasteiger partial charge in [0.15, 0.2) is 0 Å². The average Bonchev–Trinajstić information content (AvgIpc) is 2.29. The molecule has 0 radical (unpaired) electrons. The molecule has 0 aliphatic heterocycles. The summed E-state index contributed by atoms with van der Waals surface area (Å²) in [6, 6.07) is 0.0505. The second kappa shape index (κ2) is 5.55. The number of aliphatic hydroxyl groups excluding tert-OH is 1. The summed E-state index contributed by atoms with van der Waals surface area (Å²) in [6.07, 6.45) is -0.359. The molecule has 0 aliphatic carbocycles. The van der Waals surface area contributed by atoms with Gasteiger partial charge in [0.2, 0.25) is 0 Å². The summed E-state index contributed by atoms with van der Waals surface area (Å²) < 4.78 is 13.3. The van der Waals surface area contributed by atoms with E-state index in [1.54, 1.807) is 0 Å². The average molecular weight is 244 g/mol. The van der Waals surface area contributed by atoms with Crippen LogP contribution < -0.4 is 0 Å². The Bertz CT molecular complexity index is 413. The summed E-state index contributed by atoms with van der Waals surface area (Å²) in [6.45, 7) is 1.12. The molecule has 6 nitrogen and oxygen atoms in total. The monoisotopic (exact) mass is 244 g/mol. The Morgan fingerprint density at radius 2 is 2.29 bits per heavy atom. The number of hydroxylamine groups is 2. The minimum atomic E-state index is -1.58. The predicted molar refractivity (Wildman–Crippen MR) is 55.0 cm³/mol. The first-order valence-electron chi connectivity index (χ1n) is 4.91. The number of rotatable bonds is 4. The topological polar surface area (TPSA) is 93.9 Å². The van der Waals surface area contributed by atoms with Crippen molar-refractivity contribution < 1.29 is 24.6 Å². The predicted octanol–water partition coefficient (Wildman–Crippen LogP) is 1.32. The highest BCUT2D eigenvalue weighted by Crippen LogP contribution is 2.23. The number of nitrogens with zero attached hydrogens (tertiary/aromatic N) is 2. The zero-order valence-corrected chi connectivity index (χ0v) is 9.17. The summed E-state index contributed by atoms with van der Waals surface area (Å²) in [5.41, 5.74) is 0.364. The Morgan fingerprint density at radius 3 is 2.76 bits per heavy atom. The SMILES string of the molecule is Cc1ncc([C@H](CCO)N(O)C(=O)O)cc1F. The van der Waals surface area contributed by atoms with Crippen LogP contribution in [-0.2, 0) is 0 Å². The minimum absolute atomic E-state index is 0.0298. The third kappa shape index (κ3) is 3.11. The van der Waals surface area contributed by atoms with Gasteiger partial charge in [0, 0.05) is 12.8 Å². The van der Waals surface area contributed by atoms with Crippen molar-refractivity contribution in [1.82, 2.24) is 10.0 Å². The van der Waals surface area contributed by atoms with E-state index in [0.29, 0.717) is 0 Å². The molecule has 3 N–H and O–H groups in total. The van der Waals surface area contributed by atoms with Crippen LogP contribution in [0.3, 0.4) is 0 Å². The second-order valence-electron chi connectivity index (χ2n) is 3.49. The van der Waals surface area contributed by atoms with Crippen LogP contribution >= 0.6 is 0 Å². The maximum Gasteiger partial charge on any atom is 0.431 e. The van der Waals surface area contributed by atoms with Crippen molar-refractivity contribution in [3.05, 3.63) is 29.3 Å². The molecule has 1 rings (SSSR count). The lowest BCUT2D eigenvalue weighted by Crippen LogP contribution is -2.31. The molecule has 0 bridgehead atoms. The maximum atomic E-state index is 13.3. The lowest BCUT2D eigenvalue weighted by Gasteiger charge is -2.23. The molecule has 1 amide bonds. The Balaban J connectivity index is 3.04. The zero-order valence-electron chi connectivity index (χ0n) is 9.17. The van der Waals surface area contributed by atoms with Crippen LogP contribution in [-0.4, -0.2) is 38.2 Å². The summed E-state index contributed by atoms with van der Waals surface area (Å²) in [7, 11) is 0. The van der Waals surface area contributed by atoms with Gasteiger partial charge in [0.25, 0.3) is 0 Å². The third-order valence-electron chi connectivity index (χ3n) is 2.32. The standard InChI is InChI=1S/C10H13FN2O4/c1-6-8(11)4-7(5-12-6)9(2-3-14)13(17)10(15)16/h4-5,9,14,17H,2-3H2,1H3,(H,15,16)/t9-/m0/s1. The molecule has 1 atom stereocenters. The largest absolute Gasteiger partial charge is 0.463 e. The van der Waals surface area contributed by atoms with Gasteiger partial charge in [-0.15, -0.1) is 0 Å². The minimum Gasteiger partial charge on any atom is -0.463 e. The molecule has 0 unspecified atom stereocenters. The first kappa shape index (κ1) is 13.3. The Hall–Kier alpha value is -1.73. The zero-order chi connectivity index (χ0) is 13.0. The third-order valence-corrected chi connectivity index (χ3v) is 2.32. The van der Waals surface area contributed by atoms with Gasteiger partial charge in [-0.1, -0.05) is 0 Å². The van der Waals surface area contributed by atoms with E-state index >= 15 is 0 Å². The molecule has 1 aromatic heterocycles. The van der Waals surface area contributed by atoms with Gasteiger partial charge in [-0.25, -0.2) is 9.18 Å². The fourth-order valence-electron chi connectivity index (χ4n) is 1.39. The van der Waals surface area contributed by atoms with Crippen molar-refractivity contribution in [1.29, 1.82) is 0 Å². The highest BCUT2D eigenvalue weighted by molar-refractivity contribution is 5.64. The van der Waals surface area contributed by atoms with Gasteiger partial charge in [0.05, 0.1) is 11.7 Å². The molecule has 0 spiro atoms. The molecule has 0 saturated carbocycles. The number of carbonyl (C=O) groups is 1. The summed E-state index contributed by atoms with van der Waals surface area (Å²) in [5.74, 6) is -0.593. The number of aromatic nitrogens is 1. The molecule has 1 aromatic rings. The van der Waals surface area contributed by atoms with E-state index in [-0.39, 0.29) is 29.3 Å². The molecule has 17 heavy (non-hydrogen) atoms. The van der Waals surface area contributed by atoms with Gasteiger partial charge in [-0.3, -0.25) is 10.2 Å². The van der Waals surface area contributed by atoms with Gasteiger partial charge in [0.1, 0.15) is 5.82 Å². The van der Waals surface area contributed by atoms with E-state index in [2.05, 4.69) is 4.98 Å². The Labute approximate surface area is 96.9 Å². The number of amides is 1. The molecule has 7 heteroatoms. The van der Waals surface area contributed by atoms with E-state index < -0.39 is 18.0 Å². The van der Waals surface area contributed by atoms with Crippen LogP contribution in [0.25, 0.3) is 0 Å². The molecular weight excluding hydrogens is 231 g/mol. The summed E-state index contributed by atoms with van der Waals surface area (Å²) in [4.78, 5) is 14.4. The second-order valence-corrected chi connectivity index (χ2v) is 3.49. The molecule has 94 valence electrons. The van der Waals surface area contributed by atoms with Crippen LogP contribution in [0.4, 0.5) is 9.18 Å². The number of carboxylic acid groups (broad SMARTS) is 1. The highest BCUT2D eigenvalue weighted by atomic mass is 19.1. The number of halogens is 1. The molecule has 0 saturated heterocycles. The number of aryl methyl sites for hydroxylation is 1. The van der Waals surface area contributed by atoms with Crippen molar-refractivity contribution in [3.63, 3.8) is 0 Å². The quantitative estimate of drug-likeness (QED) is 0.548. The van der Waals surface area contributed by atoms with Gasteiger partial charge >= 0.3 is 6.09 Å². The Kier molecular flexibility index (Phi) is 4.36. The van der Waals surface area contributed by atoms with Gasteiger partial charge < -0.3 is 10.2 Å². The van der Waals surface area contributed by atoms with Crippen LogP contribution in [0.15, 0.2) is 12.3 Å². The van der Waals surface area contributed by atoms with E-state index in [0.717, 1.165) is 6.07 Å². The van der Waals surface area contributed by atoms with Crippen LogP contribution in [0.5, 0.6) is 0 Å².